The van der Waals surface area contributed by atoms with Crippen molar-refractivity contribution in [2.24, 2.45) is 0 Å². The Hall–Kier alpha value is -5.78. The molecular weight excluding hydrogens is 840 g/mol. The first kappa shape index (κ1) is 42.2. The third-order valence-electron chi connectivity index (χ3n) is 14.0. The van der Waals surface area contributed by atoms with Gasteiger partial charge in [-0.3, -0.25) is 34.2 Å². The highest BCUT2D eigenvalue weighted by Gasteiger charge is 2.56. The van der Waals surface area contributed by atoms with E-state index in [-0.39, 0.29) is 71.8 Å². The van der Waals surface area contributed by atoms with Crippen molar-refractivity contribution in [1.82, 2.24) is 35.0 Å². The molecule has 6 aliphatic rings. The van der Waals surface area contributed by atoms with E-state index < -0.39 is 6.04 Å². The number of likely N-dealkylation sites (tertiary alicyclic amines) is 1. The first-order chi connectivity index (χ1) is 30.9. The lowest BCUT2D eigenvalue weighted by Crippen LogP contribution is -2.79. The molecule has 17 nitrogen and oxygen atoms in total. The van der Waals surface area contributed by atoms with E-state index in [1.54, 1.807) is 21.7 Å². The van der Waals surface area contributed by atoms with Crippen LogP contribution in [-0.2, 0) is 25.7 Å². The van der Waals surface area contributed by atoms with Gasteiger partial charge in [-0.1, -0.05) is 11.6 Å². The van der Waals surface area contributed by atoms with Gasteiger partial charge >= 0.3 is 0 Å². The van der Waals surface area contributed by atoms with Gasteiger partial charge in [0, 0.05) is 87.1 Å². The van der Waals surface area contributed by atoms with Crippen LogP contribution in [0.5, 0.6) is 5.75 Å². The number of hydrogen-bond donors (Lipinski definition) is 3. The second kappa shape index (κ2) is 16.7. The number of halogens is 1. The van der Waals surface area contributed by atoms with Crippen LogP contribution in [0.4, 0.5) is 23.1 Å². The van der Waals surface area contributed by atoms with Crippen molar-refractivity contribution in [3.05, 3.63) is 75.2 Å². The number of hydrogen-bond acceptors (Lipinski definition) is 13. The molecule has 1 atom stereocenters. The molecule has 2 aromatic heterocycles. The van der Waals surface area contributed by atoms with E-state index in [4.69, 9.17) is 26.1 Å². The van der Waals surface area contributed by atoms with Crippen LogP contribution in [0.3, 0.4) is 0 Å². The fourth-order valence-corrected chi connectivity index (χ4v) is 10.5. The van der Waals surface area contributed by atoms with E-state index in [1.165, 1.54) is 7.05 Å². The molecule has 5 fully saturated rings. The van der Waals surface area contributed by atoms with Gasteiger partial charge in [-0.2, -0.15) is 4.98 Å². The molecule has 64 heavy (non-hydrogen) atoms. The molecule has 0 bridgehead atoms. The van der Waals surface area contributed by atoms with Gasteiger partial charge in [-0.15, -0.1) is 0 Å². The number of rotatable bonds is 12. The van der Waals surface area contributed by atoms with Gasteiger partial charge in [0.1, 0.15) is 11.1 Å². The number of likely N-dealkylation sites (N-methyl/N-ethyl adjacent to an activating group) is 1. The highest BCUT2D eigenvalue weighted by atomic mass is 35.5. The summed E-state index contributed by atoms with van der Waals surface area (Å²) >= 11 is 6.61. The highest BCUT2D eigenvalue weighted by Crippen LogP contribution is 2.47. The van der Waals surface area contributed by atoms with E-state index in [0.717, 1.165) is 87.0 Å². The number of anilines is 4. The zero-order valence-corrected chi connectivity index (χ0v) is 37.0. The largest absolute Gasteiger partial charge is 0.478 e. The monoisotopic (exact) mass is 892 g/mol. The average Bonchev–Trinajstić information content (AvgIpc) is 3.56. The number of imide groups is 1. The van der Waals surface area contributed by atoms with Gasteiger partial charge in [-0.25, -0.2) is 4.98 Å². The number of benzene rings is 2. The quantitative estimate of drug-likeness (QED) is 0.173. The van der Waals surface area contributed by atoms with Crippen LogP contribution < -0.4 is 36.0 Å². The Balaban J connectivity index is 0.698. The summed E-state index contributed by atoms with van der Waals surface area (Å²) in [5.74, 6) is 0.0178. The predicted octanol–water partition coefficient (Wildman–Crippen LogP) is 4.14. The van der Waals surface area contributed by atoms with Crippen molar-refractivity contribution < 1.29 is 28.7 Å². The molecule has 5 aliphatic heterocycles. The van der Waals surface area contributed by atoms with E-state index in [1.807, 2.05) is 44.2 Å². The number of piperidine rings is 2. The average molecular weight is 893 g/mol. The number of ether oxygens (including phenoxy) is 2. The number of amides is 4. The smallest absolute Gasteiger partial charge is 0.293 e. The van der Waals surface area contributed by atoms with Gasteiger partial charge in [0.15, 0.2) is 18.2 Å². The normalized spacial score (nSPS) is 23.2. The third kappa shape index (κ3) is 7.70. The Morgan fingerprint density at radius 1 is 1.00 bits per heavy atom. The number of fused-ring (bicyclic) bond motifs is 2. The van der Waals surface area contributed by atoms with Gasteiger partial charge in [-0.05, 0) is 100 Å². The molecule has 1 spiro atoms. The number of nitrogens with one attached hydrogen (secondary N) is 3. The summed E-state index contributed by atoms with van der Waals surface area (Å²) in [6.07, 6.45) is 7.64. The van der Waals surface area contributed by atoms with Crippen LogP contribution >= 0.6 is 11.6 Å². The van der Waals surface area contributed by atoms with E-state index in [0.29, 0.717) is 47.0 Å². The fourth-order valence-electron chi connectivity index (χ4n) is 10.3. The maximum Gasteiger partial charge on any atom is 0.293 e. The van der Waals surface area contributed by atoms with Crippen LogP contribution in [-0.4, -0.2) is 124 Å². The van der Waals surface area contributed by atoms with Crippen LogP contribution in [0.2, 0.25) is 5.02 Å². The Labute approximate surface area is 375 Å². The summed E-state index contributed by atoms with van der Waals surface area (Å²) in [5, 5.41) is 9.36. The SMILES string of the molecule is CNC(=O)COc1cc2cc(Nc3nc(N4CCC(OC5CC(N6CC7(CCN7c7ccc8c(c7)CN([C@@H]7CCC(=O)NC7=O)C8=O)C6)C5)CC4)ncc3Cl)ccc2n(C(C)C)c1=O. The number of pyridine rings is 1. The minimum atomic E-state index is -0.609. The lowest BCUT2D eigenvalue weighted by atomic mass is 9.73. The first-order valence-corrected chi connectivity index (χ1v) is 22.8. The van der Waals surface area contributed by atoms with E-state index >= 15 is 0 Å². The first-order valence-electron chi connectivity index (χ1n) is 22.4. The summed E-state index contributed by atoms with van der Waals surface area (Å²) in [5.41, 5.74) is 4.00. The van der Waals surface area contributed by atoms with Crippen LogP contribution in [0, 0.1) is 0 Å². The highest BCUT2D eigenvalue weighted by molar-refractivity contribution is 6.33. The molecule has 0 unspecified atom stereocenters. The zero-order chi connectivity index (χ0) is 44.4. The summed E-state index contributed by atoms with van der Waals surface area (Å²) < 4.78 is 13.9. The molecule has 3 N–H and O–H groups in total. The summed E-state index contributed by atoms with van der Waals surface area (Å²) in [4.78, 5) is 80.8. The molecule has 336 valence electrons. The van der Waals surface area contributed by atoms with Crippen LogP contribution in [0.25, 0.3) is 10.9 Å². The van der Waals surface area contributed by atoms with Gasteiger partial charge in [0.25, 0.3) is 17.4 Å². The molecule has 1 aliphatic carbocycles. The minimum Gasteiger partial charge on any atom is -0.478 e. The van der Waals surface area contributed by atoms with E-state index in [2.05, 4.69) is 41.7 Å². The van der Waals surface area contributed by atoms with Crippen LogP contribution in [0.1, 0.15) is 80.8 Å². The number of aromatic nitrogens is 3. The van der Waals surface area contributed by atoms with Crippen molar-refractivity contribution in [3.8, 4) is 5.75 Å². The molecule has 2 aromatic carbocycles. The van der Waals surface area contributed by atoms with E-state index in [9.17, 15) is 24.0 Å². The zero-order valence-electron chi connectivity index (χ0n) is 36.3. The molecule has 18 heteroatoms. The Morgan fingerprint density at radius 2 is 1.80 bits per heavy atom. The third-order valence-corrected chi connectivity index (χ3v) is 14.3. The van der Waals surface area contributed by atoms with Crippen molar-refractivity contribution in [2.45, 2.75) is 101 Å². The Bertz CT molecular complexity index is 2600. The Kier molecular flexibility index (Phi) is 11.0. The van der Waals surface area contributed by atoms with Crippen molar-refractivity contribution in [2.75, 3.05) is 61.5 Å². The lowest BCUT2D eigenvalue weighted by Gasteiger charge is -2.66. The second-order valence-electron chi connectivity index (χ2n) is 18.3. The molecular formula is C46H53ClN10O7. The maximum atomic E-state index is 13.3. The van der Waals surface area contributed by atoms with Crippen molar-refractivity contribution >= 4 is 69.3 Å². The molecule has 4 amide bonds. The number of carbonyl (C=O) groups excluding carboxylic acids is 4. The van der Waals surface area contributed by atoms with Gasteiger partial charge in [0.2, 0.25) is 17.8 Å². The van der Waals surface area contributed by atoms with Crippen LogP contribution in [0.15, 0.2) is 53.5 Å². The number of nitrogens with zero attached hydrogens (tertiary/aromatic N) is 7. The molecule has 7 heterocycles. The molecule has 10 rings (SSSR count). The topological polar surface area (TPSA) is 184 Å². The maximum absolute atomic E-state index is 13.3. The van der Waals surface area contributed by atoms with Crippen molar-refractivity contribution in [3.63, 3.8) is 0 Å². The summed E-state index contributed by atoms with van der Waals surface area (Å²) in [7, 11) is 1.52. The summed E-state index contributed by atoms with van der Waals surface area (Å²) in [6, 6.07) is 13.2. The summed E-state index contributed by atoms with van der Waals surface area (Å²) in [6.45, 7) is 8.54. The minimum absolute atomic E-state index is 0.0949. The Morgan fingerprint density at radius 3 is 2.52 bits per heavy atom. The van der Waals surface area contributed by atoms with Crippen molar-refractivity contribution in [1.29, 1.82) is 0 Å². The molecule has 0 radical (unpaired) electrons. The van der Waals surface area contributed by atoms with Gasteiger partial charge < -0.3 is 39.4 Å². The molecule has 4 saturated heterocycles. The number of carbonyl (C=O) groups is 4. The molecule has 1 saturated carbocycles. The van der Waals surface area contributed by atoms with Gasteiger partial charge in [0.05, 0.1) is 29.5 Å². The standard InChI is InChI=1S/C46H53ClN10O7/c1-26(2)57-36-7-4-29(16-27(36)18-38(44(57)62)63-23-40(59)48-3)50-41-35(47)21-49-45(52-41)53-13-10-32(11-14-53)64-33-19-31(20-33)54-24-46(25-54)12-15-56(46)30-5-6-34-28(17-30)22-55(43(34)61)37-8-9-39(58)51-42(37)60/h4-7,16-18,21,26,31-33,37H,8-15,19-20,22-25H2,1-3H3,(H,48,59)(H,49,50,52)(H,51,58,60)/t31?,33?,37-/m1/s1. The predicted molar refractivity (Wildman–Crippen MR) is 240 cm³/mol. The lowest BCUT2D eigenvalue weighted by molar-refractivity contribution is -0.137. The second-order valence-corrected chi connectivity index (χ2v) is 18.8. The fraction of sp³-hybridized carbons (Fsp3) is 0.500. The molecule has 4 aromatic rings.